The average Bonchev–Trinajstić information content (AvgIpc) is 3.21. The highest BCUT2D eigenvalue weighted by Crippen LogP contribution is 2.28. The van der Waals surface area contributed by atoms with Crippen molar-refractivity contribution in [3.8, 4) is 0 Å². The van der Waals surface area contributed by atoms with E-state index in [9.17, 15) is 14.7 Å². The predicted octanol–water partition coefficient (Wildman–Crippen LogP) is 0.522. The number of likely N-dealkylation sites (tertiary alicyclic amines) is 1. The first kappa shape index (κ1) is 14.3. The summed E-state index contributed by atoms with van der Waals surface area (Å²) in [6.45, 7) is 3.79. The molecule has 0 spiro atoms. The molecule has 2 fully saturated rings. The summed E-state index contributed by atoms with van der Waals surface area (Å²) in [5.41, 5.74) is 0. The molecule has 1 saturated carbocycles. The lowest BCUT2D eigenvalue weighted by molar-refractivity contribution is -0.135. The zero-order chi connectivity index (χ0) is 13.8. The zero-order valence-corrected chi connectivity index (χ0v) is 11.6. The Balaban J connectivity index is 1.60. The first-order chi connectivity index (χ1) is 9.08. The van der Waals surface area contributed by atoms with Gasteiger partial charge in [-0.25, -0.2) is 0 Å². The van der Waals surface area contributed by atoms with Gasteiger partial charge in [-0.2, -0.15) is 0 Å². The van der Waals surface area contributed by atoms with Crippen molar-refractivity contribution in [3.05, 3.63) is 0 Å². The van der Waals surface area contributed by atoms with Crippen LogP contribution in [0, 0.1) is 11.8 Å². The molecule has 2 unspecified atom stereocenters. The van der Waals surface area contributed by atoms with Crippen LogP contribution in [-0.2, 0) is 9.59 Å². The smallest absolute Gasteiger partial charge is 0.223 e. The standard InChI is InChI=1S/C14H24N2O3/c1-10-6-8-16(9-12(10)17)13(18)3-2-7-15-14(19)11-4-5-11/h10-12,17H,2-9H2,1H3,(H,15,19). The number of piperidine rings is 1. The molecule has 2 rings (SSSR count). The number of nitrogens with one attached hydrogen (secondary N) is 1. The summed E-state index contributed by atoms with van der Waals surface area (Å²) in [6.07, 6.45) is 3.62. The molecule has 0 aromatic carbocycles. The molecule has 1 saturated heterocycles. The Morgan fingerprint density at radius 3 is 2.68 bits per heavy atom. The molecular weight excluding hydrogens is 244 g/mol. The van der Waals surface area contributed by atoms with E-state index in [-0.39, 0.29) is 23.7 Å². The van der Waals surface area contributed by atoms with E-state index in [4.69, 9.17) is 0 Å². The van der Waals surface area contributed by atoms with Crippen molar-refractivity contribution in [2.75, 3.05) is 19.6 Å². The maximum absolute atomic E-state index is 11.9. The molecule has 19 heavy (non-hydrogen) atoms. The van der Waals surface area contributed by atoms with Gasteiger partial charge >= 0.3 is 0 Å². The van der Waals surface area contributed by atoms with Gasteiger partial charge in [-0.1, -0.05) is 6.92 Å². The fourth-order valence-electron chi connectivity index (χ4n) is 2.37. The Labute approximate surface area is 114 Å². The maximum atomic E-state index is 11.9. The van der Waals surface area contributed by atoms with Gasteiger partial charge in [0.05, 0.1) is 6.10 Å². The molecule has 1 heterocycles. The van der Waals surface area contributed by atoms with E-state index < -0.39 is 6.10 Å². The zero-order valence-electron chi connectivity index (χ0n) is 11.6. The third-order valence-electron chi connectivity index (χ3n) is 4.09. The average molecular weight is 268 g/mol. The van der Waals surface area contributed by atoms with E-state index in [1.54, 1.807) is 4.90 Å². The summed E-state index contributed by atoms with van der Waals surface area (Å²) in [6, 6.07) is 0. The summed E-state index contributed by atoms with van der Waals surface area (Å²) >= 11 is 0. The Morgan fingerprint density at radius 2 is 2.05 bits per heavy atom. The maximum Gasteiger partial charge on any atom is 0.223 e. The van der Waals surface area contributed by atoms with Crippen LogP contribution in [0.2, 0.25) is 0 Å². The molecule has 1 aliphatic carbocycles. The molecule has 5 heteroatoms. The normalized spacial score (nSPS) is 27.2. The van der Waals surface area contributed by atoms with E-state index in [1.165, 1.54) is 0 Å². The molecule has 2 amide bonds. The largest absolute Gasteiger partial charge is 0.391 e. The molecule has 108 valence electrons. The number of aliphatic hydroxyl groups is 1. The molecule has 2 N–H and O–H groups in total. The number of carbonyl (C=O) groups excluding carboxylic acids is 2. The van der Waals surface area contributed by atoms with Gasteiger partial charge in [-0.05, 0) is 31.6 Å². The SMILES string of the molecule is CC1CCN(C(=O)CCCNC(=O)C2CC2)CC1O. The highest BCUT2D eigenvalue weighted by molar-refractivity contribution is 5.81. The summed E-state index contributed by atoms with van der Waals surface area (Å²) in [7, 11) is 0. The van der Waals surface area contributed by atoms with E-state index in [2.05, 4.69) is 5.32 Å². The molecule has 0 aromatic rings. The van der Waals surface area contributed by atoms with Crippen LogP contribution in [0.25, 0.3) is 0 Å². The van der Waals surface area contributed by atoms with Crippen LogP contribution >= 0.6 is 0 Å². The van der Waals surface area contributed by atoms with Crippen molar-refractivity contribution >= 4 is 11.8 Å². The molecular formula is C14H24N2O3. The van der Waals surface area contributed by atoms with E-state index in [0.29, 0.717) is 25.9 Å². The van der Waals surface area contributed by atoms with Crippen LogP contribution in [0.4, 0.5) is 0 Å². The number of aliphatic hydroxyl groups excluding tert-OH is 1. The van der Waals surface area contributed by atoms with Crippen molar-refractivity contribution in [2.24, 2.45) is 11.8 Å². The van der Waals surface area contributed by atoms with Gasteiger partial charge < -0.3 is 15.3 Å². The van der Waals surface area contributed by atoms with Crippen molar-refractivity contribution in [3.63, 3.8) is 0 Å². The van der Waals surface area contributed by atoms with Gasteiger partial charge in [0.15, 0.2) is 0 Å². The molecule has 0 aromatic heterocycles. The lowest BCUT2D eigenvalue weighted by atomic mass is 9.96. The van der Waals surface area contributed by atoms with Crippen LogP contribution in [-0.4, -0.2) is 47.6 Å². The minimum absolute atomic E-state index is 0.0895. The molecule has 0 bridgehead atoms. The number of carbonyl (C=O) groups is 2. The van der Waals surface area contributed by atoms with Crippen LogP contribution in [0.1, 0.15) is 39.0 Å². The minimum atomic E-state index is -0.396. The number of hydrogen-bond donors (Lipinski definition) is 2. The number of nitrogens with zero attached hydrogens (tertiary/aromatic N) is 1. The van der Waals surface area contributed by atoms with Crippen molar-refractivity contribution in [2.45, 2.75) is 45.1 Å². The summed E-state index contributed by atoms with van der Waals surface area (Å²) < 4.78 is 0. The third-order valence-corrected chi connectivity index (χ3v) is 4.09. The number of β-amino-alcohol motifs (C(OH)–C–C–N with tert-alkyl or cyclic N) is 1. The van der Waals surface area contributed by atoms with E-state index in [1.807, 2.05) is 6.92 Å². The summed E-state index contributed by atoms with van der Waals surface area (Å²) in [5, 5.41) is 12.6. The van der Waals surface area contributed by atoms with Crippen molar-refractivity contribution < 1.29 is 14.7 Å². The highest BCUT2D eigenvalue weighted by atomic mass is 16.3. The minimum Gasteiger partial charge on any atom is -0.391 e. The quantitative estimate of drug-likeness (QED) is 0.714. The number of hydrogen-bond acceptors (Lipinski definition) is 3. The highest BCUT2D eigenvalue weighted by Gasteiger charge is 2.29. The van der Waals surface area contributed by atoms with Gasteiger partial charge in [0.2, 0.25) is 11.8 Å². The third kappa shape index (κ3) is 4.20. The molecule has 5 nitrogen and oxygen atoms in total. The molecule has 2 atom stereocenters. The molecule has 1 aliphatic heterocycles. The monoisotopic (exact) mass is 268 g/mol. The van der Waals surface area contributed by atoms with Crippen molar-refractivity contribution in [1.29, 1.82) is 0 Å². The Hall–Kier alpha value is -1.10. The number of rotatable bonds is 5. The Bertz CT molecular complexity index is 342. The Kier molecular flexibility index (Phi) is 4.80. The number of amides is 2. The first-order valence-corrected chi connectivity index (χ1v) is 7.31. The fraction of sp³-hybridized carbons (Fsp3) is 0.857. The van der Waals surface area contributed by atoms with E-state index >= 15 is 0 Å². The van der Waals surface area contributed by atoms with Crippen molar-refractivity contribution in [1.82, 2.24) is 10.2 Å². The first-order valence-electron chi connectivity index (χ1n) is 7.31. The topological polar surface area (TPSA) is 69.6 Å². The summed E-state index contributed by atoms with van der Waals surface area (Å²) in [5.74, 6) is 0.734. The second-order valence-corrected chi connectivity index (χ2v) is 5.84. The van der Waals surface area contributed by atoms with Gasteiger partial charge in [0.25, 0.3) is 0 Å². The van der Waals surface area contributed by atoms with Crippen LogP contribution in [0.5, 0.6) is 0 Å². The second kappa shape index (κ2) is 6.37. The molecule has 2 aliphatic rings. The van der Waals surface area contributed by atoms with Gasteiger partial charge in [0.1, 0.15) is 0 Å². The van der Waals surface area contributed by atoms with Gasteiger partial charge in [0, 0.05) is 32.0 Å². The van der Waals surface area contributed by atoms with E-state index in [0.717, 1.165) is 25.8 Å². The van der Waals surface area contributed by atoms with Crippen LogP contribution in [0.15, 0.2) is 0 Å². The van der Waals surface area contributed by atoms with Crippen LogP contribution in [0.3, 0.4) is 0 Å². The Morgan fingerprint density at radius 1 is 1.32 bits per heavy atom. The predicted molar refractivity (Wildman–Crippen MR) is 71.3 cm³/mol. The fourth-order valence-corrected chi connectivity index (χ4v) is 2.37. The second-order valence-electron chi connectivity index (χ2n) is 5.84. The van der Waals surface area contributed by atoms with Gasteiger partial charge in [-0.15, -0.1) is 0 Å². The van der Waals surface area contributed by atoms with Gasteiger partial charge in [-0.3, -0.25) is 9.59 Å². The summed E-state index contributed by atoms with van der Waals surface area (Å²) in [4.78, 5) is 25.1. The molecule has 0 radical (unpaired) electrons. The lowest BCUT2D eigenvalue weighted by Crippen LogP contribution is -2.45. The lowest BCUT2D eigenvalue weighted by Gasteiger charge is -2.34. The van der Waals surface area contributed by atoms with Crippen LogP contribution < -0.4 is 5.32 Å².